The minimum atomic E-state index is -0.405. The highest BCUT2D eigenvalue weighted by Crippen LogP contribution is 2.25. The fraction of sp³-hybridized carbons (Fsp3) is 0.333. The summed E-state index contributed by atoms with van der Waals surface area (Å²) in [6.07, 6.45) is 1.74. The predicted octanol–water partition coefficient (Wildman–Crippen LogP) is 3.01. The molecule has 0 aliphatic rings. The van der Waals surface area contributed by atoms with Gasteiger partial charge in [-0.05, 0) is 38.5 Å². The van der Waals surface area contributed by atoms with Crippen LogP contribution in [0, 0.1) is 30.9 Å². The van der Waals surface area contributed by atoms with E-state index in [9.17, 15) is 10.1 Å². The number of thioether (sulfide) groups is 1. The number of nitrogens with zero attached hydrogens (tertiary/aromatic N) is 8. The van der Waals surface area contributed by atoms with Crippen molar-refractivity contribution in [2.45, 2.75) is 31.8 Å². The zero-order valence-corrected chi connectivity index (χ0v) is 17.7. The molecule has 11 heteroatoms. The number of rotatable bonds is 7. The molecule has 1 aromatic carbocycles. The molecular formula is C18H22N8O2S. The number of hydrogen-bond acceptors (Lipinski definition) is 8. The first-order valence-electron chi connectivity index (χ1n) is 8.83. The number of aromatic nitrogens is 5. The van der Waals surface area contributed by atoms with Crippen molar-refractivity contribution in [2.75, 3.05) is 19.0 Å². The van der Waals surface area contributed by atoms with Gasteiger partial charge >= 0.3 is 5.69 Å². The molecule has 2 aromatic heterocycles. The normalized spacial score (nSPS) is 11.3. The highest BCUT2D eigenvalue weighted by atomic mass is 32.2. The smallest absolute Gasteiger partial charge is 0.312 e. The fourth-order valence-corrected chi connectivity index (χ4v) is 3.63. The van der Waals surface area contributed by atoms with Crippen LogP contribution in [0.1, 0.15) is 22.8 Å². The minimum absolute atomic E-state index is 0.0439. The van der Waals surface area contributed by atoms with E-state index in [0.29, 0.717) is 28.2 Å². The molecule has 0 N–H and O–H groups in total. The number of aryl methyl sites for hydroxylation is 2. The van der Waals surface area contributed by atoms with E-state index in [-0.39, 0.29) is 5.69 Å². The van der Waals surface area contributed by atoms with Crippen LogP contribution in [0.4, 0.5) is 11.4 Å². The van der Waals surface area contributed by atoms with Gasteiger partial charge in [-0.25, -0.2) is 0 Å². The van der Waals surface area contributed by atoms with Crippen molar-refractivity contribution >= 4 is 29.4 Å². The lowest BCUT2D eigenvalue weighted by atomic mass is 10.2. The van der Waals surface area contributed by atoms with Crippen LogP contribution in [0.25, 0.3) is 0 Å². The molecule has 0 radical (unpaired) electrons. The summed E-state index contributed by atoms with van der Waals surface area (Å²) in [5.41, 5.74) is 3.01. The van der Waals surface area contributed by atoms with Gasteiger partial charge < -0.3 is 4.90 Å². The number of nitro groups is 1. The van der Waals surface area contributed by atoms with Crippen LogP contribution in [0.2, 0.25) is 0 Å². The van der Waals surface area contributed by atoms with E-state index in [4.69, 9.17) is 0 Å². The summed E-state index contributed by atoms with van der Waals surface area (Å²) in [7, 11) is 3.98. The SMILES string of the molecule is Cc1nn(CSc2nnc(C)n2/N=C/c2ccc(N(C)C)cc2)c(C)c1[N+](=O)[O-]. The Hall–Kier alpha value is -3.21. The Kier molecular flexibility index (Phi) is 5.97. The summed E-state index contributed by atoms with van der Waals surface area (Å²) in [4.78, 5) is 12.8. The van der Waals surface area contributed by atoms with Crippen molar-refractivity contribution in [3.63, 3.8) is 0 Å². The van der Waals surface area contributed by atoms with Gasteiger partial charge in [0.25, 0.3) is 0 Å². The van der Waals surface area contributed by atoms with E-state index < -0.39 is 4.92 Å². The molecule has 152 valence electrons. The predicted molar refractivity (Wildman–Crippen MR) is 113 cm³/mol. The number of benzene rings is 1. The van der Waals surface area contributed by atoms with E-state index in [1.54, 1.807) is 29.4 Å². The van der Waals surface area contributed by atoms with Crippen LogP contribution in [0.15, 0.2) is 34.5 Å². The van der Waals surface area contributed by atoms with Gasteiger partial charge in [0.2, 0.25) is 5.16 Å². The number of anilines is 1. The third-order valence-electron chi connectivity index (χ3n) is 4.34. The highest BCUT2D eigenvalue weighted by molar-refractivity contribution is 7.98. The summed E-state index contributed by atoms with van der Waals surface area (Å²) >= 11 is 1.36. The lowest BCUT2D eigenvalue weighted by Crippen LogP contribution is -2.08. The summed E-state index contributed by atoms with van der Waals surface area (Å²) in [5, 5.41) is 28.7. The lowest BCUT2D eigenvalue weighted by molar-refractivity contribution is -0.386. The molecule has 2 heterocycles. The maximum absolute atomic E-state index is 11.2. The third kappa shape index (κ3) is 4.45. The topological polar surface area (TPSA) is 107 Å². The second kappa shape index (κ2) is 8.43. The Bertz CT molecular complexity index is 1050. The van der Waals surface area contributed by atoms with Crippen LogP contribution >= 0.6 is 11.8 Å². The molecule has 0 amide bonds. The molecule has 3 rings (SSSR count). The molecule has 0 atom stereocenters. The molecule has 0 spiro atoms. The molecule has 0 fully saturated rings. The first-order chi connectivity index (χ1) is 13.8. The maximum atomic E-state index is 11.2. The zero-order valence-electron chi connectivity index (χ0n) is 16.9. The largest absolute Gasteiger partial charge is 0.378 e. The molecule has 0 aliphatic heterocycles. The van der Waals surface area contributed by atoms with Gasteiger partial charge in [0.05, 0.1) is 17.0 Å². The summed E-state index contributed by atoms with van der Waals surface area (Å²) in [6, 6.07) is 8.01. The van der Waals surface area contributed by atoms with E-state index in [1.165, 1.54) is 11.8 Å². The van der Waals surface area contributed by atoms with E-state index in [2.05, 4.69) is 20.4 Å². The van der Waals surface area contributed by atoms with Crippen molar-refractivity contribution in [2.24, 2.45) is 5.10 Å². The van der Waals surface area contributed by atoms with Gasteiger partial charge in [0.15, 0.2) is 5.82 Å². The van der Waals surface area contributed by atoms with Crippen LogP contribution in [0.5, 0.6) is 0 Å². The van der Waals surface area contributed by atoms with E-state index >= 15 is 0 Å². The summed E-state index contributed by atoms with van der Waals surface area (Å²) in [5.74, 6) is 1.01. The molecule has 29 heavy (non-hydrogen) atoms. The fourth-order valence-electron chi connectivity index (χ4n) is 2.74. The monoisotopic (exact) mass is 414 g/mol. The van der Waals surface area contributed by atoms with Crippen molar-refractivity contribution < 1.29 is 4.92 Å². The molecular weight excluding hydrogens is 392 g/mol. The quantitative estimate of drug-likeness (QED) is 0.253. The molecule has 0 aliphatic carbocycles. The van der Waals surface area contributed by atoms with Gasteiger partial charge in [-0.3, -0.25) is 14.8 Å². The molecule has 0 saturated carbocycles. The van der Waals surface area contributed by atoms with Crippen molar-refractivity contribution in [1.82, 2.24) is 24.7 Å². The van der Waals surface area contributed by atoms with Crippen molar-refractivity contribution in [3.05, 3.63) is 57.2 Å². The highest BCUT2D eigenvalue weighted by Gasteiger charge is 2.22. The molecule has 0 saturated heterocycles. The lowest BCUT2D eigenvalue weighted by Gasteiger charge is -2.11. The Morgan fingerprint density at radius 1 is 1.21 bits per heavy atom. The maximum Gasteiger partial charge on any atom is 0.312 e. The van der Waals surface area contributed by atoms with E-state index in [0.717, 1.165) is 11.3 Å². The van der Waals surface area contributed by atoms with Gasteiger partial charge in [0, 0.05) is 19.8 Å². The Balaban J connectivity index is 1.76. The third-order valence-corrected chi connectivity index (χ3v) is 5.23. The van der Waals surface area contributed by atoms with Crippen molar-refractivity contribution in [3.8, 4) is 0 Å². The first kappa shape index (κ1) is 20.5. The second-order valence-electron chi connectivity index (χ2n) is 6.62. The Labute approximate surface area is 172 Å². The average molecular weight is 414 g/mol. The second-order valence-corrected chi connectivity index (χ2v) is 7.53. The summed E-state index contributed by atoms with van der Waals surface area (Å²) in [6.45, 7) is 5.13. The van der Waals surface area contributed by atoms with Crippen molar-refractivity contribution in [1.29, 1.82) is 0 Å². The van der Waals surface area contributed by atoms with Crippen LogP contribution in [0.3, 0.4) is 0 Å². The van der Waals surface area contributed by atoms with Gasteiger partial charge in [-0.15, -0.1) is 10.2 Å². The van der Waals surface area contributed by atoms with Gasteiger partial charge in [0.1, 0.15) is 11.4 Å². The molecule has 0 unspecified atom stereocenters. The van der Waals surface area contributed by atoms with Gasteiger partial charge in [-0.1, -0.05) is 23.9 Å². The Morgan fingerprint density at radius 3 is 2.48 bits per heavy atom. The summed E-state index contributed by atoms with van der Waals surface area (Å²) < 4.78 is 3.24. The van der Waals surface area contributed by atoms with Crippen LogP contribution < -0.4 is 4.90 Å². The van der Waals surface area contributed by atoms with Crippen LogP contribution in [-0.4, -0.2) is 49.9 Å². The zero-order chi connectivity index (χ0) is 21.1. The van der Waals surface area contributed by atoms with Crippen LogP contribution in [-0.2, 0) is 5.88 Å². The average Bonchev–Trinajstić information content (AvgIpc) is 3.17. The standard InChI is InChI=1S/C18H22N8O2S/c1-12-17(26(27)28)13(2)24(22-12)11-29-18-21-20-14(3)25(18)19-10-15-6-8-16(9-7-15)23(4)5/h6-10H,11H2,1-5H3/b19-10+. The molecule has 3 aromatic rings. The molecule has 10 nitrogen and oxygen atoms in total. The minimum Gasteiger partial charge on any atom is -0.378 e. The Morgan fingerprint density at radius 2 is 1.90 bits per heavy atom. The van der Waals surface area contributed by atoms with E-state index in [1.807, 2.05) is 50.2 Å². The number of hydrogen-bond donors (Lipinski definition) is 0. The van der Waals surface area contributed by atoms with Gasteiger partial charge in [-0.2, -0.15) is 14.9 Å². The molecule has 0 bridgehead atoms. The first-order valence-corrected chi connectivity index (χ1v) is 9.81.